The molecule has 7 saturated carbocycles. The Morgan fingerprint density at radius 2 is 0.883 bits per heavy atom. The molecule has 2 unspecified atom stereocenters. The minimum absolute atomic E-state index is 0.0408. The third kappa shape index (κ3) is 11.9. The summed E-state index contributed by atoms with van der Waals surface area (Å²) in [6.45, 7) is 11.8. The smallest absolute Gasteiger partial charge is 0.332 e. The number of hydrogen-bond donors (Lipinski definition) is 0. The van der Waals surface area contributed by atoms with E-state index in [1.54, 1.807) is 0 Å². The fourth-order valence-electron chi connectivity index (χ4n) is 15.2. The van der Waals surface area contributed by atoms with Crippen molar-refractivity contribution in [1.29, 1.82) is 0 Å². The minimum Gasteiger partial charge on any atom is -0.463 e. The van der Waals surface area contributed by atoms with Crippen LogP contribution in [0.4, 0.5) is 0 Å². The molecule has 0 saturated heterocycles. The molecule has 0 aliphatic heterocycles. The summed E-state index contributed by atoms with van der Waals surface area (Å²) in [6.07, 6.45) is 36.1. The Morgan fingerprint density at radius 3 is 1.32 bits per heavy atom. The number of carbonyl (C=O) groups excluding carboxylic acids is 2. The van der Waals surface area contributed by atoms with Crippen molar-refractivity contribution in [3.8, 4) is 0 Å². The molecule has 2 atom stereocenters. The molecule has 0 aromatic carbocycles. The molecule has 0 heterocycles. The lowest BCUT2D eigenvalue weighted by molar-refractivity contribution is -0.160. The van der Waals surface area contributed by atoms with Crippen LogP contribution in [0.3, 0.4) is 0 Å². The molecule has 0 spiro atoms. The largest absolute Gasteiger partial charge is 0.463 e. The molecule has 0 amide bonds. The molecule has 0 radical (unpaired) electrons. The van der Waals surface area contributed by atoms with Crippen LogP contribution in [0.15, 0.2) is 0 Å². The van der Waals surface area contributed by atoms with Crippen LogP contribution in [0.2, 0.25) is 0 Å². The third-order valence-corrected chi connectivity index (χ3v) is 19.2. The van der Waals surface area contributed by atoms with Crippen LogP contribution in [0.25, 0.3) is 0 Å². The number of carbonyl (C=O) groups is 2. The number of nitrogens with zero attached hydrogens (tertiary/aromatic N) is 1. The molecule has 7 fully saturated rings. The van der Waals surface area contributed by atoms with Crippen molar-refractivity contribution in [3.63, 3.8) is 0 Å². The van der Waals surface area contributed by atoms with Gasteiger partial charge in [0.25, 0.3) is 0 Å². The summed E-state index contributed by atoms with van der Waals surface area (Å²) in [5.41, 5.74) is 0.354. The van der Waals surface area contributed by atoms with Gasteiger partial charge in [-0.3, -0.25) is 9.69 Å². The Labute approximate surface area is 367 Å². The van der Waals surface area contributed by atoms with Crippen LogP contribution in [0.5, 0.6) is 0 Å². The van der Waals surface area contributed by atoms with Crippen LogP contribution < -0.4 is 0 Å². The first-order chi connectivity index (χ1) is 29.0. The van der Waals surface area contributed by atoms with Crippen LogP contribution in [0.1, 0.15) is 214 Å². The number of esters is 2. The van der Waals surface area contributed by atoms with E-state index in [1.165, 1.54) is 135 Å². The first kappa shape index (κ1) is 46.8. The van der Waals surface area contributed by atoms with E-state index in [2.05, 4.69) is 32.6 Å². The SMILES string of the molecule is COC1CCC(C(C)(C2CCC(OC(=O)COC3CCC(C(C)C4CCC(OC(C)=O)CC4)CC3)CC2)C2CCC(N(C3CCC(C)CC3)C3CCC(C)CC3)CC2)CC1. The second kappa shape index (κ2) is 22.1. The standard InChI is InChI=1S/C53H91NO6/c1-36-7-21-45(22-8-36)54(46-23-9-37(2)10-24-46)47-25-15-42(16-26-47)53(5,43-17-31-48(57-6)32-18-43)44-19-33-51(34-20-44)60-52(56)35-58-49-27-11-40(12-28-49)38(3)41-13-29-50(30-14-41)59-39(4)55/h36-38,40-51H,7-35H2,1-6H3. The summed E-state index contributed by atoms with van der Waals surface area (Å²) in [4.78, 5) is 27.8. The van der Waals surface area contributed by atoms with Gasteiger partial charge in [-0.2, -0.15) is 0 Å². The van der Waals surface area contributed by atoms with Crippen molar-refractivity contribution >= 4 is 11.9 Å². The lowest BCUT2D eigenvalue weighted by Gasteiger charge is -2.56. The minimum atomic E-state index is -0.151. The molecule has 7 aliphatic carbocycles. The molecule has 7 rings (SSSR count). The van der Waals surface area contributed by atoms with Gasteiger partial charge in [0.2, 0.25) is 0 Å². The Morgan fingerprint density at radius 1 is 0.517 bits per heavy atom. The Balaban J connectivity index is 0.879. The average molecular weight is 838 g/mol. The van der Waals surface area contributed by atoms with Gasteiger partial charge in [-0.1, -0.05) is 27.7 Å². The van der Waals surface area contributed by atoms with Gasteiger partial charge in [0, 0.05) is 32.2 Å². The van der Waals surface area contributed by atoms with E-state index >= 15 is 0 Å². The number of ether oxygens (including phenoxy) is 4. The third-order valence-electron chi connectivity index (χ3n) is 19.2. The van der Waals surface area contributed by atoms with Crippen molar-refractivity contribution < 1.29 is 28.5 Å². The second-order valence-corrected chi connectivity index (χ2v) is 22.7. The summed E-state index contributed by atoms with van der Waals surface area (Å²) in [7, 11) is 1.92. The van der Waals surface area contributed by atoms with Gasteiger partial charge in [0.05, 0.1) is 12.2 Å². The summed E-state index contributed by atoms with van der Waals surface area (Å²) < 4.78 is 23.8. The van der Waals surface area contributed by atoms with Gasteiger partial charge in [0.1, 0.15) is 18.8 Å². The Bertz CT molecular complexity index is 1260. The van der Waals surface area contributed by atoms with Crippen molar-refractivity contribution in [2.75, 3.05) is 13.7 Å². The fraction of sp³-hybridized carbons (Fsp3) is 0.962. The number of methoxy groups -OCH3 is 1. The molecule has 7 nitrogen and oxygen atoms in total. The van der Waals surface area contributed by atoms with E-state index in [4.69, 9.17) is 18.9 Å². The molecule has 0 aromatic heterocycles. The van der Waals surface area contributed by atoms with Gasteiger partial charge >= 0.3 is 11.9 Å². The van der Waals surface area contributed by atoms with Gasteiger partial charge < -0.3 is 18.9 Å². The molecule has 0 aromatic rings. The van der Waals surface area contributed by atoms with Gasteiger partial charge in [0.15, 0.2) is 0 Å². The first-order valence-electron chi connectivity index (χ1n) is 26.3. The zero-order valence-corrected chi connectivity index (χ0v) is 39.6. The van der Waals surface area contributed by atoms with E-state index in [0.717, 1.165) is 105 Å². The molecule has 0 bridgehead atoms. The summed E-state index contributed by atoms with van der Waals surface area (Å²) in [6, 6.07) is 2.43. The van der Waals surface area contributed by atoms with E-state index in [-0.39, 0.29) is 36.9 Å². The second-order valence-electron chi connectivity index (χ2n) is 22.7. The summed E-state index contributed by atoms with van der Waals surface area (Å²) in [5.74, 6) is 5.96. The van der Waals surface area contributed by atoms with E-state index in [1.807, 2.05) is 7.11 Å². The van der Waals surface area contributed by atoms with E-state index in [9.17, 15) is 9.59 Å². The monoisotopic (exact) mass is 838 g/mol. The number of rotatable bonds is 14. The topological polar surface area (TPSA) is 74.3 Å². The molecule has 60 heavy (non-hydrogen) atoms. The quantitative estimate of drug-likeness (QED) is 0.161. The predicted octanol–water partition coefficient (Wildman–Crippen LogP) is 12.7. The van der Waals surface area contributed by atoms with Crippen LogP contribution in [-0.2, 0) is 28.5 Å². The van der Waals surface area contributed by atoms with Crippen LogP contribution >= 0.6 is 0 Å². The van der Waals surface area contributed by atoms with Crippen molar-refractivity contribution in [1.82, 2.24) is 4.90 Å². The lowest BCUT2D eigenvalue weighted by atomic mass is 9.52. The highest BCUT2D eigenvalue weighted by Gasteiger charge is 2.50. The van der Waals surface area contributed by atoms with Gasteiger partial charge in [-0.25, -0.2) is 4.79 Å². The Hall–Kier alpha value is -1.18. The van der Waals surface area contributed by atoms with E-state index < -0.39 is 0 Å². The molecular weight excluding hydrogens is 747 g/mol. The first-order valence-corrected chi connectivity index (χ1v) is 26.3. The average Bonchev–Trinajstić information content (AvgIpc) is 3.27. The number of hydrogen-bond acceptors (Lipinski definition) is 7. The van der Waals surface area contributed by atoms with Crippen molar-refractivity contribution in [2.45, 2.75) is 257 Å². The maximum Gasteiger partial charge on any atom is 0.332 e. The molecule has 344 valence electrons. The van der Waals surface area contributed by atoms with Crippen LogP contribution in [0, 0.1) is 52.8 Å². The zero-order valence-electron chi connectivity index (χ0n) is 39.6. The maximum atomic E-state index is 13.2. The Kier molecular flexibility index (Phi) is 17.3. The normalized spacial score (nSPS) is 41.2. The highest BCUT2D eigenvalue weighted by molar-refractivity contribution is 5.71. The molecule has 7 heteroatoms. The van der Waals surface area contributed by atoms with Crippen molar-refractivity contribution in [3.05, 3.63) is 0 Å². The van der Waals surface area contributed by atoms with E-state index in [0.29, 0.717) is 23.4 Å². The van der Waals surface area contributed by atoms with Gasteiger partial charge in [-0.05, 0) is 233 Å². The predicted molar refractivity (Wildman–Crippen MR) is 241 cm³/mol. The lowest BCUT2D eigenvalue weighted by Crippen LogP contribution is -2.54. The molecular formula is C53H91NO6. The summed E-state index contributed by atoms with van der Waals surface area (Å²) >= 11 is 0. The molecule has 0 N–H and O–H groups in total. The van der Waals surface area contributed by atoms with Crippen molar-refractivity contribution in [2.24, 2.45) is 52.8 Å². The zero-order chi connectivity index (χ0) is 42.2. The van der Waals surface area contributed by atoms with Crippen LogP contribution in [-0.4, -0.2) is 73.1 Å². The highest BCUT2D eigenvalue weighted by atomic mass is 16.6. The maximum absolute atomic E-state index is 13.2. The molecule has 7 aliphatic rings. The fourth-order valence-corrected chi connectivity index (χ4v) is 15.2. The summed E-state index contributed by atoms with van der Waals surface area (Å²) in [5, 5.41) is 0. The highest BCUT2D eigenvalue weighted by Crippen LogP contribution is 2.57. The van der Waals surface area contributed by atoms with Gasteiger partial charge in [-0.15, -0.1) is 0 Å².